The SMILES string of the molecule is CN1CCCC1C(O)c1ccccc1. The van der Waals surface area contributed by atoms with Gasteiger partial charge in [0.15, 0.2) is 0 Å². The molecule has 14 heavy (non-hydrogen) atoms. The molecule has 2 unspecified atom stereocenters. The molecule has 1 fully saturated rings. The molecule has 0 bridgehead atoms. The van der Waals surface area contributed by atoms with Gasteiger partial charge < -0.3 is 10.0 Å². The number of likely N-dealkylation sites (N-methyl/N-ethyl adjacent to an activating group) is 1. The Balaban J connectivity index is 2.12. The van der Waals surface area contributed by atoms with Gasteiger partial charge in [-0.05, 0) is 32.0 Å². The van der Waals surface area contributed by atoms with E-state index < -0.39 is 0 Å². The first-order valence-electron chi connectivity index (χ1n) is 5.22. The smallest absolute Gasteiger partial charge is 0.0945 e. The minimum Gasteiger partial charge on any atom is -0.387 e. The summed E-state index contributed by atoms with van der Waals surface area (Å²) >= 11 is 0. The number of likely N-dealkylation sites (tertiary alicyclic amines) is 1. The average molecular weight is 191 g/mol. The Hall–Kier alpha value is -0.860. The third kappa shape index (κ3) is 1.81. The maximum atomic E-state index is 10.1. The van der Waals surface area contributed by atoms with Gasteiger partial charge in [0, 0.05) is 6.04 Å². The summed E-state index contributed by atoms with van der Waals surface area (Å²) in [7, 11) is 2.09. The minimum absolute atomic E-state index is 0.303. The van der Waals surface area contributed by atoms with Crippen LogP contribution in [0.3, 0.4) is 0 Å². The summed E-state index contributed by atoms with van der Waals surface area (Å²) in [5, 5.41) is 10.1. The lowest BCUT2D eigenvalue weighted by Gasteiger charge is -2.25. The first-order valence-corrected chi connectivity index (χ1v) is 5.22. The zero-order valence-corrected chi connectivity index (χ0v) is 8.56. The number of benzene rings is 1. The highest BCUT2D eigenvalue weighted by Crippen LogP contribution is 2.27. The molecule has 2 rings (SSSR count). The van der Waals surface area contributed by atoms with Gasteiger partial charge in [-0.25, -0.2) is 0 Å². The molecular formula is C12H17NO. The highest BCUT2D eigenvalue weighted by Gasteiger charge is 2.28. The number of aliphatic hydroxyl groups is 1. The molecule has 76 valence electrons. The van der Waals surface area contributed by atoms with Crippen molar-refractivity contribution in [2.24, 2.45) is 0 Å². The lowest BCUT2D eigenvalue weighted by molar-refractivity contribution is 0.0857. The van der Waals surface area contributed by atoms with Crippen molar-refractivity contribution < 1.29 is 5.11 Å². The van der Waals surface area contributed by atoms with Crippen molar-refractivity contribution in [3.05, 3.63) is 35.9 Å². The van der Waals surface area contributed by atoms with E-state index in [9.17, 15) is 5.11 Å². The second-order valence-electron chi connectivity index (χ2n) is 4.05. The van der Waals surface area contributed by atoms with Gasteiger partial charge in [0.1, 0.15) is 0 Å². The summed E-state index contributed by atoms with van der Waals surface area (Å²) in [5.74, 6) is 0. The molecule has 0 saturated carbocycles. The molecule has 1 heterocycles. The normalized spacial score (nSPS) is 25.1. The molecule has 2 atom stereocenters. The summed E-state index contributed by atoms with van der Waals surface area (Å²) < 4.78 is 0. The van der Waals surface area contributed by atoms with E-state index in [4.69, 9.17) is 0 Å². The van der Waals surface area contributed by atoms with Gasteiger partial charge in [0.05, 0.1) is 6.10 Å². The van der Waals surface area contributed by atoms with Gasteiger partial charge in [-0.15, -0.1) is 0 Å². The van der Waals surface area contributed by atoms with E-state index in [0.29, 0.717) is 6.04 Å². The number of rotatable bonds is 2. The molecule has 2 heteroatoms. The van der Waals surface area contributed by atoms with Gasteiger partial charge in [0.25, 0.3) is 0 Å². The third-order valence-electron chi connectivity index (χ3n) is 3.08. The van der Waals surface area contributed by atoms with E-state index in [1.807, 2.05) is 30.3 Å². The fraction of sp³-hybridized carbons (Fsp3) is 0.500. The average Bonchev–Trinajstić information content (AvgIpc) is 2.65. The Bertz CT molecular complexity index is 286. The monoisotopic (exact) mass is 191 g/mol. The molecule has 0 aliphatic carbocycles. The zero-order valence-electron chi connectivity index (χ0n) is 8.56. The molecule has 1 aromatic rings. The van der Waals surface area contributed by atoms with Gasteiger partial charge in [-0.3, -0.25) is 0 Å². The number of aliphatic hydroxyl groups excluding tert-OH is 1. The molecule has 1 aromatic carbocycles. The summed E-state index contributed by atoms with van der Waals surface area (Å²) in [5.41, 5.74) is 1.03. The first-order chi connectivity index (χ1) is 6.79. The van der Waals surface area contributed by atoms with Crippen LogP contribution in [0.2, 0.25) is 0 Å². The van der Waals surface area contributed by atoms with Crippen LogP contribution in [0.4, 0.5) is 0 Å². The van der Waals surface area contributed by atoms with Crippen molar-refractivity contribution in [1.29, 1.82) is 0 Å². The highest BCUT2D eigenvalue weighted by atomic mass is 16.3. The van der Waals surface area contributed by atoms with Crippen LogP contribution in [-0.4, -0.2) is 29.6 Å². The van der Waals surface area contributed by atoms with Crippen LogP contribution in [0.1, 0.15) is 24.5 Å². The van der Waals surface area contributed by atoms with Crippen molar-refractivity contribution in [3.63, 3.8) is 0 Å². The van der Waals surface area contributed by atoms with Crippen molar-refractivity contribution in [1.82, 2.24) is 4.90 Å². The highest BCUT2D eigenvalue weighted by molar-refractivity contribution is 5.19. The molecule has 1 aliphatic rings. The van der Waals surface area contributed by atoms with Crippen LogP contribution in [0, 0.1) is 0 Å². The molecule has 2 nitrogen and oxygen atoms in total. The lowest BCUT2D eigenvalue weighted by Crippen LogP contribution is -2.30. The first kappa shape index (κ1) is 9.69. The second-order valence-corrected chi connectivity index (χ2v) is 4.05. The second kappa shape index (κ2) is 4.11. The Kier molecular flexibility index (Phi) is 2.85. The fourth-order valence-corrected chi connectivity index (χ4v) is 2.21. The molecule has 1 saturated heterocycles. The van der Waals surface area contributed by atoms with E-state index in [-0.39, 0.29) is 6.10 Å². The Morgan fingerprint density at radius 2 is 2.07 bits per heavy atom. The van der Waals surface area contributed by atoms with Crippen LogP contribution in [-0.2, 0) is 0 Å². The van der Waals surface area contributed by atoms with Crippen molar-refractivity contribution in [2.45, 2.75) is 25.0 Å². The van der Waals surface area contributed by atoms with Crippen molar-refractivity contribution in [2.75, 3.05) is 13.6 Å². The zero-order chi connectivity index (χ0) is 9.97. The van der Waals surface area contributed by atoms with Crippen LogP contribution < -0.4 is 0 Å². The summed E-state index contributed by atoms with van der Waals surface area (Å²) in [6, 6.07) is 10.2. The Morgan fingerprint density at radius 3 is 2.64 bits per heavy atom. The molecule has 1 N–H and O–H groups in total. The van der Waals surface area contributed by atoms with E-state index in [1.165, 1.54) is 6.42 Å². The van der Waals surface area contributed by atoms with Gasteiger partial charge in [0.2, 0.25) is 0 Å². The predicted octanol–water partition coefficient (Wildman–Crippen LogP) is 1.81. The summed E-state index contributed by atoms with van der Waals surface area (Å²) in [6.45, 7) is 1.11. The van der Waals surface area contributed by atoms with Crippen LogP contribution >= 0.6 is 0 Å². The number of nitrogens with zero attached hydrogens (tertiary/aromatic N) is 1. The van der Waals surface area contributed by atoms with Crippen molar-refractivity contribution in [3.8, 4) is 0 Å². The van der Waals surface area contributed by atoms with Gasteiger partial charge in [-0.2, -0.15) is 0 Å². The van der Waals surface area contributed by atoms with E-state index in [2.05, 4.69) is 11.9 Å². The quantitative estimate of drug-likeness (QED) is 0.770. The maximum Gasteiger partial charge on any atom is 0.0945 e. The van der Waals surface area contributed by atoms with Crippen LogP contribution in [0.5, 0.6) is 0 Å². The van der Waals surface area contributed by atoms with E-state index in [1.54, 1.807) is 0 Å². The molecule has 0 aromatic heterocycles. The van der Waals surface area contributed by atoms with Crippen molar-refractivity contribution >= 4 is 0 Å². The molecule has 0 spiro atoms. The Morgan fingerprint density at radius 1 is 1.36 bits per heavy atom. The number of hydrogen-bond donors (Lipinski definition) is 1. The molecule has 0 radical (unpaired) electrons. The standard InChI is InChI=1S/C12H17NO/c1-13-9-5-8-11(13)12(14)10-6-3-2-4-7-10/h2-4,6-7,11-12,14H,5,8-9H2,1H3. The van der Waals surface area contributed by atoms with E-state index in [0.717, 1.165) is 18.5 Å². The topological polar surface area (TPSA) is 23.5 Å². The van der Waals surface area contributed by atoms with Crippen LogP contribution in [0.25, 0.3) is 0 Å². The fourth-order valence-electron chi connectivity index (χ4n) is 2.21. The largest absolute Gasteiger partial charge is 0.387 e. The van der Waals surface area contributed by atoms with Crippen LogP contribution in [0.15, 0.2) is 30.3 Å². The van der Waals surface area contributed by atoms with Gasteiger partial charge >= 0.3 is 0 Å². The number of hydrogen-bond acceptors (Lipinski definition) is 2. The maximum absolute atomic E-state index is 10.1. The summed E-state index contributed by atoms with van der Waals surface area (Å²) in [4.78, 5) is 2.25. The Labute approximate surface area is 85.2 Å². The molecule has 0 amide bonds. The minimum atomic E-state index is -0.330. The predicted molar refractivity (Wildman–Crippen MR) is 57.1 cm³/mol. The third-order valence-corrected chi connectivity index (χ3v) is 3.08. The molecular weight excluding hydrogens is 174 g/mol. The lowest BCUT2D eigenvalue weighted by atomic mass is 10.0. The van der Waals surface area contributed by atoms with Gasteiger partial charge in [-0.1, -0.05) is 30.3 Å². The molecule has 1 aliphatic heterocycles. The van der Waals surface area contributed by atoms with E-state index >= 15 is 0 Å². The summed E-state index contributed by atoms with van der Waals surface area (Å²) in [6.07, 6.45) is 1.97.